The molecule has 0 radical (unpaired) electrons. The Kier molecular flexibility index (Phi) is 7.71. The van der Waals surface area contributed by atoms with Crippen molar-refractivity contribution in [3.63, 3.8) is 0 Å². The van der Waals surface area contributed by atoms with Crippen LogP contribution in [0.5, 0.6) is 5.75 Å². The molecule has 3 aromatic rings. The summed E-state index contributed by atoms with van der Waals surface area (Å²) >= 11 is 0. The van der Waals surface area contributed by atoms with E-state index in [0.717, 1.165) is 12.3 Å². The van der Waals surface area contributed by atoms with Crippen molar-refractivity contribution in [3.8, 4) is 5.75 Å². The summed E-state index contributed by atoms with van der Waals surface area (Å²) in [5, 5.41) is 3.56. The lowest BCUT2D eigenvalue weighted by atomic mass is 10.1. The van der Waals surface area contributed by atoms with Crippen LogP contribution in [0.25, 0.3) is 0 Å². The highest BCUT2D eigenvalue weighted by Gasteiger charge is 2.04. The lowest BCUT2D eigenvalue weighted by Crippen LogP contribution is -2.17. The monoisotopic (exact) mass is 367 g/mol. The van der Waals surface area contributed by atoms with E-state index < -0.39 is 0 Å². The van der Waals surface area contributed by atoms with Gasteiger partial charge in [-0.1, -0.05) is 72.3 Å². The van der Waals surface area contributed by atoms with Gasteiger partial charge in [-0.05, 0) is 42.7 Å². The summed E-state index contributed by atoms with van der Waals surface area (Å²) in [7, 11) is 0. The van der Waals surface area contributed by atoms with Crippen LogP contribution in [0.2, 0.25) is 0 Å². The molecule has 0 heterocycles. The first-order chi connectivity index (χ1) is 12.2. The topological polar surface area (TPSA) is 21.3 Å². The number of nitrogens with one attached hydrogen (secondary N) is 1. The van der Waals surface area contributed by atoms with E-state index in [2.05, 4.69) is 79.8 Å². The van der Waals surface area contributed by atoms with Gasteiger partial charge in [-0.15, -0.1) is 12.4 Å². The van der Waals surface area contributed by atoms with Crippen molar-refractivity contribution in [1.29, 1.82) is 0 Å². The summed E-state index contributed by atoms with van der Waals surface area (Å²) in [6.45, 7) is 5.72. The smallest absolute Gasteiger partial charge is 0.119 e. The minimum absolute atomic E-state index is 0. The van der Waals surface area contributed by atoms with Crippen LogP contribution in [0.4, 0.5) is 0 Å². The molecule has 3 aromatic carbocycles. The number of benzene rings is 3. The first-order valence-corrected chi connectivity index (χ1v) is 8.76. The molecule has 0 aromatic heterocycles. The molecule has 0 aliphatic rings. The van der Waals surface area contributed by atoms with Gasteiger partial charge in [-0.25, -0.2) is 0 Å². The summed E-state index contributed by atoms with van der Waals surface area (Å²) in [6.07, 6.45) is 0. The fourth-order valence-corrected chi connectivity index (χ4v) is 2.69. The molecule has 26 heavy (non-hydrogen) atoms. The first kappa shape index (κ1) is 20.0. The van der Waals surface area contributed by atoms with E-state index in [1.807, 2.05) is 18.2 Å². The zero-order chi connectivity index (χ0) is 17.5. The van der Waals surface area contributed by atoms with E-state index in [1.165, 1.54) is 22.3 Å². The molecule has 0 saturated carbocycles. The summed E-state index contributed by atoms with van der Waals surface area (Å²) in [4.78, 5) is 0. The van der Waals surface area contributed by atoms with Crippen LogP contribution < -0.4 is 10.1 Å². The molecule has 3 heteroatoms. The highest BCUT2D eigenvalue weighted by Crippen LogP contribution is 2.16. The molecular formula is C23H26ClNO. The van der Waals surface area contributed by atoms with Crippen LogP contribution in [0.15, 0.2) is 78.9 Å². The van der Waals surface area contributed by atoms with Gasteiger partial charge in [0.15, 0.2) is 0 Å². The van der Waals surface area contributed by atoms with Gasteiger partial charge < -0.3 is 10.1 Å². The molecule has 136 valence electrons. The van der Waals surface area contributed by atoms with Crippen molar-refractivity contribution in [1.82, 2.24) is 5.32 Å². The van der Waals surface area contributed by atoms with Crippen LogP contribution in [-0.4, -0.2) is 0 Å². The average Bonchev–Trinajstić information content (AvgIpc) is 2.67. The Hall–Kier alpha value is -2.29. The van der Waals surface area contributed by atoms with E-state index in [1.54, 1.807) is 0 Å². The molecule has 3 rings (SSSR count). The van der Waals surface area contributed by atoms with Gasteiger partial charge in [-0.3, -0.25) is 0 Å². The third-order valence-corrected chi connectivity index (χ3v) is 4.36. The molecule has 0 bridgehead atoms. The Balaban J connectivity index is 0.00000243. The Labute approximate surface area is 162 Å². The molecule has 0 aliphatic heterocycles. The molecule has 0 aliphatic carbocycles. The number of halogens is 1. The molecule has 1 N–H and O–H groups in total. The number of rotatable bonds is 7. The fourth-order valence-electron chi connectivity index (χ4n) is 2.69. The summed E-state index contributed by atoms with van der Waals surface area (Å²) in [6, 6.07) is 27.6. The third-order valence-electron chi connectivity index (χ3n) is 4.36. The number of hydrogen-bond donors (Lipinski definition) is 1. The minimum atomic E-state index is 0. The maximum Gasteiger partial charge on any atom is 0.119 e. The highest BCUT2D eigenvalue weighted by atomic mass is 35.5. The lowest BCUT2D eigenvalue weighted by Gasteiger charge is -2.14. The quantitative estimate of drug-likeness (QED) is 0.565. The van der Waals surface area contributed by atoms with Crippen molar-refractivity contribution < 1.29 is 4.74 Å². The van der Waals surface area contributed by atoms with Gasteiger partial charge in [0, 0.05) is 12.6 Å². The van der Waals surface area contributed by atoms with Crippen molar-refractivity contribution in [2.45, 2.75) is 33.0 Å². The first-order valence-electron chi connectivity index (χ1n) is 8.76. The Morgan fingerprint density at radius 1 is 0.808 bits per heavy atom. The zero-order valence-electron chi connectivity index (χ0n) is 15.3. The van der Waals surface area contributed by atoms with Crippen molar-refractivity contribution >= 4 is 12.4 Å². The van der Waals surface area contributed by atoms with E-state index in [9.17, 15) is 0 Å². The molecule has 0 saturated heterocycles. The van der Waals surface area contributed by atoms with Crippen LogP contribution in [-0.2, 0) is 13.2 Å². The molecule has 0 spiro atoms. The predicted octanol–water partition coefficient (Wildman–Crippen LogP) is 5.85. The van der Waals surface area contributed by atoms with Crippen molar-refractivity contribution in [2.75, 3.05) is 0 Å². The standard InChI is InChI=1S/C23H25NO.ClH/c1-18-8-10-21(11-9-18)17-25-23-14-12-20(13-15-23)16-24-19(2)22-6-4-3-5-7-22;/h3-15,19,24H,16-17H2,1-2H3;1H. The minimum Gasteiger partial charge on any atom is -0.489 e. The van der Waals surface area contributed by atoms with Gasteiger partial charge in [0.25, 0.3) is 0 Å². The van der Waals surface area contributed by atoms with Crippen LogP contribution in [0.3, 0.4) is 0 Å². The summed E-state index contributed by atoms with van der Waals surface area (Å²) < 4.78 is 5.86. The van der Waals surface area contributed by atoms with Gasteiger partial charge in [-0.2, -0.15) is 0 Å². The third kappa shape index (κ3) is 5.91. The molecule has 0 fully saturated rings. The second-order valence-corrected chi connectivity index (χ2v) is 6.43. The van der Waals surface area contributed by atoms with Gasteiger partial charge in [0.1, 0.15) is 12.4 Å². The molecule has 0 amide bonds. The maximum absolute atomic E-state index is 5.86. The normalized spacial score (nSPS) is 11.5. The lowest BCUT2D eigenvalue weighted by molar-refractivity contribution is 0.306. The highest BCUT2D eigenvalue weighted by molar-refractivity contribution is 5.85. The number of hydrogen-bond acceptors (Lipinski definition) is 2. The number of ether oxygens (including phenoxy) is 1. The SMILES string of the molecule is Cc1ccc(COc2ccc(CNC(C)c3ccccc3)cc2)cc1.Cl. The van der Waals surface area contributed by atoms with E-state index in [0.29, 0.717) is 12.6 Å². The Bertz CT molecular complexity index is 770. The van der Waals surface area contributed by atoms with Gasteiger partial charge in [0.05, 0.1) is 0 Å². The molecule has 1 unspecified atom stereocenters. The fraction of sp³-hybridized carbons (Fsp3) is 0.217. The second-order valence-electron chi connectivity index (χ2n) is 6.43. The van der Waals surface area contributed by atoms with Crippen LogP contribution in [0, 0.1) is 6.92 Å². The molecule has 2 nitrogen and oxygen atoms in total. The summed E-state index contributed by atoms with van der Waals surface area (Å²) in [5.41, 5.74) is 5.02. The van der Waals surface area contributed by atoms with E-state index >= 15 is 0 Å². The number of aryl methyl sites for hydroxylation is 1. The van der Waals surface area contributed by atoms with Crippen molar-refractivity contribution in [3.05, 3.63) is 101 Å². The van der Waals surface area contributed by atoms with E-state index in [4.69, 9.17) is 4.74 Å². The Morgan fingerprint density at radius 3 is 2.08 bits per heavy atom. The Morgan fingerprint density at radius 2 is 1.42 bits per heavy atom. The largest absolute Gasteiger partial charge is 0.489 e. The maximum atomic E-state index is 5.86. The average molecular weight is 368 g/mol. The van der Waals surface area contributed by atoms with E-state index in [-0.39, 0.29) is 12.4 Å². The summed E-state index contributed by atoms with van der Waals surface area (Å²) in [5.74, 6) is 0.903. The zero-order valence-corrected chi connectivity index (χ0v) is 16.1. The predicted molar refractivity (Wildman–Crippen MR) is 111 cm³/mol. The van der Waals surface area contributed by atoms with Crippen molar-refractivity contribution in [2.24, 2.45) is 0 Å². The second kappa shape index (κ2) is 10.0. The molecular weight excluding hydrogens is 342 g/mol. The van der Waals surface area contributed by atoms with Gasteiger partial charge >= 0.3 is 0 Å². The van der Waals surface area contributed by atoms with Crippen LogP contribution in [0.1, 0.15) is 35.2 Å². The van der Waals surface area contributed by atoms with Crippen LogP contribution >= 0.6 is 12.4 Å². The van der Waals surface area contributed by atoms with Gasteiger partial charge in [0.2, 0.25) is 0 Å². The molecule has 1 atom stereocenters.